The molecular weight excluding hydrogens is 448 g/mol. The van der Waals surface area contributed by atoms with Crippen molar-refractivity contribution < 1.29 is 24.2 Å². The molecule has 1 aromatic heterocycles. The average Bonchev–Trinajstić information content (AvgIpc) is 3.34. The summed E-state index contributed by atoms with van der Waals surface area (Å²) in [7, 11) is 0. The third-order valence-corrected chi connectivity index (χ3v) is 6.71. The molecule has 0 radical (unpaired) electrons. The van der Waals surface area contributed by atoms with Crippen LogP contribution >= 0.6 is 0 Å². The maximum Gasteiger partial charge on any atom is 0.407 e. The monoisotopic (exact) mass is 474 g/mol. The first kappa shape index (κ1) is 22.6. The summed E-state index contributed by atoms with van der Waals surface area (Å²) < 4.78 is 5.59. The van der Waals surface area contributed by atoms with Crippen molar-refractivity contribution in [3.8, 4) is 11.1 Å². The summed E-state index contributed by atoms with van der Waals surface area (Å²) in [4.78, 5) is 43.5. The van der Waals surface area contributed by atoms with Crippen LogP contribution in [0.15, 0.2) is 61.1 Å². The predicted octanol–water partition coefficient (Wildman–Crippen LogP) is 2.70. The number of aliphatic carboxylic acids is 1. The van der Waals surface area contributed by atoms with Crippen molar-refractivity contribution in [2.24, 2.45) is 11.8 Å². The smallest absolute Gasteiger partial charge is 0.407 e. The number of H-pyrrole nitrogens is 1. The molecule has 2 aromatic carbocycles. The lowest BCUT2D eigenvalue weighted by molar-refractivity contribution is -0.139. The van der Waals surface area contributed by atoms with Crippen molar-refractivity contribution in [2.75, 3.05) is 13.2 Å². The first-order valence-corrected chi connectivity index (χ1v) is 11.6. The molecule has 2 aliphatic rings. The summed E-state index contributed by atoms with van der Waals surface area (Å²) in [5.41, 5.74) is 5.15. The third-order valence-electron chi connectivity index (χ3n) is 6.71. The van der Waals surface area contributed by atoms with Crippen LogP contribution in [0.1, 0.15) is 29.2 Å². The Morgan fingerprint density at radius 3 is 2.37 bits per heavy atom. The van der Waals surface area contributed by atoms with E-state index in [2.05, 4.69) is 32.7 Å². The molecule has 4 N–H and O–H groups in total. The highest BCUT2D eigenvalue weighted by Crippen LogP contribution is 2.44. The number of carboxylic acids is 1. The number of amides is 2. The Hall–Kier alpha value is -4.14. The summed E-state index contributed by atoms with van der Waals surface area (Å²) in [6.45, 7) is 0.391. The van der Waals surface area contributed by atoms with Crippen LogP contribution < -0.4 is 10.6 Å². The molecule has 3 aromatic rings. The fourth-order valence-corrected chi connectivity index (χ4v) is 4.74. The number of carbonyl (C=O) groups excluding carboxylic acids is 2. The van der Waals surface area contributed by atoms with Gasteiger partial charge in [-0.25, -0.2) is 9.78 Å². The minimum Gasteiger partial charge on any atom is -0.481 e. The first-order valence-electron chi connectivity index (χ1n) is 11.6. The van der Waals surface area contributed by atoms with E-state index >= 15 is 0 Å². The van der Waals surface area contributed by atoms with Gasteiger partial charge in [-0.2, -0.15) is 0 Å². The Balaban J connectivity index is 1.22. The van der Waals surface area contributed by atoms with Crippen molar-refractivity contribution in [1.29, 1.82) is 0 Å². The number of aromatic nitrogens is 2. The number of rotatable bonds is 9. The topological polar surface area (TPSA) is 133 Å². The van der Waals surface area contributed by atoms with Crippen LogP contribution in [-0.4, -0.2) is 52.2 Å². The van der Waals surface area contributed by atoms with Crippen molar-refractivity contribution in [3.63, 3.8) is 0 Å². The van der Waals surface area contributed by atoms with E-state index in [1.165, 1.54) is 6.33 Å². The summed E-state index contributed by atoms with van der Waals surface area (Å²) in [5, 5.41) is 14.5. The summed E-state index contributed by atoms with van der Waals surface area (Å²) in [5.74, 6) is -1.84. The number of fused-ring (bicyclic) bond motifs is 3. The van der Waals surface area contributed by atoms with Gasteiger partial charge >= 0.3 is 12.1 Å². The maximum absolute atomic E-state index is 12.8. The quantitative estimate of drug-likeness (QED) is 0.377. The lowest BCUT2D eigenvalue weighted by Gasteiger charge is -2.19. The van der Waals surface area contributed by atoms with Gasteiger partial charge in [-0.15, -0.1) is 0 Å². The number of imidazole rings is 1. The Morgan fingerprint density at radius 1 is 1.09 bits per heavy atom. The molecule has 2 amide bonds. The maximum atomic E-state index is 12.8. The zero-order valence-corrected chi connectivity index (χ0v) is 18.9. The molecule has 35 heavy (non-hydrogen) atoms. The van der Waals surface area contributed by atoms with Crippen LogP contribution in [0.4, 0.5) is 4.79 Å². The lowest BCUT2D eigenvalue weighted by atomic mass is 9.98. The van der Waals surface area contributed by atoms with Gasteiger partial charge in [-0.05, 0) is 34.6 Å². The van der Waals surface area contributed by atoms with Gasteiger partial charge in [-0.1, -0.05) is 48.5 Å². The number of aromatic amines is 1. The lowest BCUT2D eigenvalue weighted by Crippen LogP contribution is -2.49. The van der Waals surface area contributed by atoms with E-state index < -0.39 is 29.9 Å². The number of ether oxygens (including phenoxy) is 1. The van der Waals surface area contributed by atoms with E-state index in [0.29, 0.717) is 12.1 Å². The van der Waals surface area contributed by atoms with Crippen LogP contribution in [-0.2, 0) is 20.7 Å². The molecule has 3 atom stereocenters. The van der Waals surface area contributed by atoms with Crippen molar-refractivity contribution in [2.45, 2.75) is 24.8 Å². The van der Waals surface area contributed by atoms with Gasteiger partial charge in [0.25, 0.3) is 0 Å². The molecule has 1 heterocycles. The second-order valence-corrected chi connectivity index (χ2v) is 8.99. The Labute approximate surface area is 201 Å². The Bertz CT molecular complexity index is 1200. The van der Waals surface area contributed by atoms with E-state index in [1.54, 1.807) is 6.20 Å². The highest BCUT2D eigenvalue weighted by atomic mass is 16.5. The van der Waals surface area contributed by atoms with Crippen LogP contribution in [0.5, 0.6) is 0 Å². The molecule has 0 saturated heterocycles. The summed E-state index contributed by atoms with van der Waals surface area (Å²) in [6, 6.07) is 15.2. The molecule has 2 aliphatic carbocycles. The molecule has 0 bridgehead atoms. The van der Waals surface area contributed by atoms with Crippen LogP contribution in [0.3, 0.4) is 0 Å². The number of alkyl carbamates (subject to hydrolysis) is 1. The SMILES string of the molecule is O=C(NC(Cc1cnc[nH]1)C(=O)NC[C@@H]1C[C@@H]1C(=O)O)OCC1c2ccccc2-c2ccccc21. The van der Waals surface area contributed by atoms with Gasteiger partial charge < -0.3 is 25.5 Å². The van der Waals surface area contributed by atoms with Crippen molar-refractivity contribution in [3.05, 3.63) is 77.9 Å². The van der Waals surface area contributed by atoms with E-state index in [9.17, 15) is 14.4 Å². The summed E-state index contributed by atoms with van der Waals surface area (Å²) in [6.07, 6.45) is 3.13. The zero-order valence-electron chi connectivity index (χ0n) is 18.9. The average molecular weight is 475 g/mol. The number of nitrogens with one attached hydrogen (secondary N) is 3. The van der Waals surface area contributed by atoms with Crippen molar-refractivity contribution >= 4 is 18.0 Å². The van der Waals surface area contributed by atoms with Crippen LogP contribution in [0, 0.1) is 11.8 Å². The van der Waals surface area contributed by atoms with Gasteiger partial charge in [0.15, 0.2) is 0 Å². The van der Waals surface area contributed by atoms with Crippen LogP contribution in [0.25, 0.3) is 11.1 Å². The minimum atomic E-state index is -0.895. The van der Waals surface area contributed by atoms with Gasteiger partial charge in [-0.3, -0.25) is 9.59 Å². The molecule has 9 heteroatoms. The van der Waals surface area contributed by atoms with Crippen LogP contribution in [0.2, 0.25) is 0 Å². The Morgan fingerprint density at radius 2 is 1.77 bits per heavy atom. The fourth-order valence-electron chi connectivity index (χ4n) is 4.74. The molecule has 1 saturated carbocycles. The van der Waals surface area contributed by atoms with Gasteiger partial charge in [0.05, 0.1) is 12.2 Å². The second kappa shape index (κ2) is 9.61. The van der Waals surface area contributed by atoms with Gasteiger partial charge in [0.1, 0.15) is 12.6 Å². The third kappa shape index (κ3) is 4.89. The van der Waals surface area contributed by atoms with Gasteiger partial charge in [0, 0.05) is 30.8 Å². The number of nitrogens with zero attached hydrogens (tertiary/aromatic N) is 1. The molecular formula is C26H26N4O5. The number of hydrogen-bond donors (Lipinski definition) is 4. The molecule has 1 fully saturated rings. The molecule has 180 valence electrons. The molecule has 1 unspecified atom stereocenters. The number of hydrogen-bond acceptors (Lipinski definition) is 5. The number of benzene rings is 2. The summed E-state index contributed by atoms with van der Waals surface area (Å²) >= 11 is 0. The second-order valence-electron chi connectivity index (χ2n) is 8.99. The van der Waals surface area contributed by atoms with Gasteiger partial charge in [0.2, 0.25) is 5.91 Å². The normalized spacial score (nSPS) is 18.7. The number of carboxylic acid groups (broad SMARTS) is 1. The van der Waals surface area contributed by atoms with Crippen molar-refractivity contribution in [1.82, 2.24) is 20.6 Å². The standard InChI is InChI=1S/C26H26N4O5/c31-24(28-11-15-9-21(15)25(32)33)23(10-16-12-27-14-29-16)30-26(34)35-13-22-19-7-3-1-5-17(19)18-6-2-4-8-20(18)22/h1-8,12,14-15,21-23H,9-11,13H2,(H,27,29)(H,28,31)(H,30,34)(H,32,33)/t15-,21-,23?/m0/s1. The van der Waals surface area contributed by atoms with E-state index in [0.717, 1.165) is 22.3 Å². The highest BCUT2D eigenvalue weighted by Gasteiger charge is 2.43. The van der Waals surface area contributed by atoms with E-state index in [-0.39, 0.29) is 31.4 Å². The van der Waals surface area contributed by atoms with E-state index in [1.807, 2.05) is 36.4 Å². The van der Waals surface area contributed by atoms with E-state index in [4.69, 9.17) is 9.84 Å². The zero-order chi connectivity index (χ0) is 24.4. The molecule has 0 spiro atoms. The largest absolute Gasteiger partial charge is 0.481 e. The fraction of sp³-hybridized carbons (Fsp3) is 0.308. The minimum absolute atomic E-state index is 0.0845. The highest BCUT2D eigenvalue weighted by molar-refractivity contribution is 5.86. The number of carbonyl (C=O) groups is 3. The molecule has 5 rings (SSSR count). The molecule has 9 nitrogen and oxygen atoms in total. The Kier molecular flexibility index (Phi) is 6.22. The molecule has 0 aliphatic heterocycles. The predicted molar refractivity (Wildman–Crippen MR) is 127 cm³/mol. The first-order chi connectivity index (χ1) is 17.0.